The number of nitrogens with one attached hydrogen (secondary N) is 1. The zero-order valence-electron chi connectivity index (χ0n) is 8.86. The van der Waals surface area contributed by atoms with Gasteiger partial charge in [0, 0.05) is 12.4 Å². The third-order valence-corrected chi connectivity index (χ3v) is 2.69. The predicted molar refractivity (Wildman–Crippen MR) is 56.4 cm³/mol. The Morgan fingerprint density at radius 2 is 2.24 bits per heavy atom. The summed E-state index contributed by atoms with van der Waals surface area (Å²) in [5.41, 5.74) is 0. The van der Waals surface area contributed by atoms with Crippen molar-refractivity contribution in [3.63, 3.8) is 0 Å². The highest BCUT2D eigenvalue weighted by Crippen LogP contribution is 2.20. The molecule has 1 rings (SSSR count). The van der Waals surface area contributed by atoms with Crippen LogP contribution in [0.5, 0.6) is 0 Å². The predicted octanol–water partition coefficient (Wildman–Crippen LogP) is 1.64. The zero-order chi connectivity index (χ0) is 12.9. The number of nitrogens with zero attached hydrogens (tertiary/aromatic N) is 2. The van der Waals surface area contributed by atoms with E-state index >= 15 is 0 Å². The number of amides is 1. The van der Waals surface area contributed by atoms with E-state index in [1.54, 1.807) is 0 Å². The highest BCUT2D eigenvalue weighted by molar-refractivity contribution is 8.00. The van der Waals surface area contributed by atoms with E-state index in [0.29, 0.717) is 5.03 Å². The fourth-order valence-electron chi connectivity index (χ4n) is 0.912. The van der Waals surface area contributed by atoms with Gasteiger partial charge in [-0.3, -0.25) is 9.78 Å². The number of carbonyl (C=O) groups excluding carboxylic acids is 1. The largest absolute Gasteiger partial charge is 0.405 e. The molecule has 4 nitrogen and oxygen atoms in total. The monoisotopic (exact) mass is 265 g/mol. The number of carbonyl (C=O) groups is 1. The van der Waals surface area contributed by atoms with Crippen LogP contribution in [0.2, 0.25) is 0 Å². The molecule has 0 fully saturated rings. The summed E-state index contributed by atoms with van der Waals surface area (Å²) >= 11 is 1.05. The van der Waals surface area contributed by atoms with E-state index in [-0.39, 0.29) is 0 Å². The van der Waals surface area contributed by atoms with Crippen molar-refractivity contribution in [3.05, 3.63) is 18.6 Å². The molecule has 1 amide bonds. The molecule has 94 valence electrons. The quantitative estimate of drug-likeness (QED) is 0.841. The number of hydrogen-bond acceptors (Lipinski definition) is 4. The fourth-order valence-corrected chi connectivity index (χ4v) is 1.71. The summed E-state index contributed by atoms with van der Waals surface area (Å²) in [5, 5.41) is 1.64. The second-order valence-corrected chi connectivity index (χ2v) is 4.50. The van der Waals surface area contributed by atoms with Gasteiger partial charge in [-0.25, -0.2) is 4.98 Å². The summed E-state index contributed by atoms with van der Waals surface area (Å²) in [6, 6.07) is 0. The molecule has 0 radical (unpaired) electrons. The molecule has 0 aliphatic heterocycles. The first-order valence-corrected chi connectivity index (χ1v) is 5.53. The van der Waals surface area contributed by atoms with E-state index in [9.17, 15) is 18.0 Å². The molecular formula is C9H10F3N3OS. The van der Waals surface area contributed by atoms with Gasteiger partial charge in [-0.15, -0.1) is 0 Å². The first-order valence-electron chi connectivity index (χ1n) is 4.65. The Morgan fingerprint density at radius 3 is 2.76 bits per heavy atom. The fraction of sp³-hybridized carbons (Fsp3) is 0.444. The van der Waals surface area contributed by atoms with Crippen LogP contribution in [0.4, 0.5) is 13.2 Å². The van der Waals surface area contributed by atoms with E-state index in [1.807, 2.05) is 5.32 Å². The summed E-state index contributed by atoms with van der Waals surface area (Å²) in [4.78, 5) is 19.0. The van der Waals surface area contributed by atoms with Crippen LogP contribution in [0.3, 0.4) is 0 Å². The Labute approximate surface area is 100 Å². The average molecular weight is 265 g/mol. The van der Waals surface area contributed by atoms with Gasteiger partial charge in [0.05, 0.1) is 11.4 Å². The number of aromatic nitrogens is 2. The van der Waals surface area contributed by atoms with Gasteiger partial charge < -0.3 is 5.32 Å². The molecular weight excluding hydrogens is 255 g/mol. The van der Waals surface area contributed by atoms with Crippen molar-refractivity contribution in [2.75, 3.05) is 6.54 Å². The van der Waals surface area contributed by atoms with Crippen LogP contribution in [0, 0.1) is 0 Å². The Morgan fingerprint density at radius 1 is 1.53 bits per heavy atom. The normalized spacial score (nSPS) is 13.2. The van der Waals surface area contributed by atoms with Crippen LogP contribution in [-0.2, 0) is 4.79 Å². The van der Waals surface area contributed by atoms with Crippen molar-refractivity contribution in [2.45, 2.75) is 23.4 Å². The van der Waals surface area contributed by atoms with Gasteiger partial charge >= 0.3 is 6.18 Å². The van der Waals surface area contributed by atoms with Gasteiger partial charge in [-0.05, 0) is 6.92 Å². The van der Waals surface area contributed by atoms with E-state index in [4.69, 9.17) is 0 Å². The van der Waals surface area contributed by atoms with Crippen molar-refractivity contribution in [1.29, 1.82) is 0 Å². The van der Waals surface area contributed by atoms with Gasteiger partial charge in [-0.1, -0.05) is 11.8 Å². The van der Waals surface area contributed by atoms with Gasteiger partial charge in [-0.2, -0.15) is 13.2 Å². The highest BCUT2D eigenvalue weighted by atomic mass is 32.2. The Balaban J connectivity index is 2.43. The maximum absolute atomic E-state index is 11.9. The molecule has 0 spiro atoms. The van der Waals surface area contributed by atoms with E-state index in [2.05, 4.69) is 9.97 Å². The number of alkyl halides is 3. The van der Waals surface area contributed by atoms with E-state index in [1.165, 1.54) is 25.5 Å². The zero-order valence-corrected chi connectivity index (χ0v) is 9.68. The molecule has 1 N–H and O–H groups in total. The SMILES string of the molecule is C[C@@H](Sc1cnccn1)C(=O)NCC(F)(F)F. The van der Waals surface area contributed by atoms with Crippen molar-refractivity contribution < 1.29 is 18.0 Å². The second kappa shape index (κ2) is 5.85. The summed E-state index contributed by atoms with van der Waals surface area (Å²) in [7, 11) is 0. The first-order chi connectivity index (χ1) is 7.88. The molecule has 1 aromatic heterocycles. The van der Waals surface area contributed by atoms with Crippen molar-refractivity contribution in [3.8, 4) is 0 Å². The van der Waals surface area contributed by atoms with Crippen LogP contribution in [0.1, 0.15) is 6.92 Å². The smallest absolute Gasteiger partial charge is 0.346 e. The van der Waals surface area contributed by atoms with E-state index < -0.39 is 23.9 Å². The van der Waals surface area contributed by atoms with Crippen molar-refractivity contribution in [2.24, 2.45) is 0 Å². The number of rotatable bonds is 4. The lowest BCUT2D eigenvalue weighted by Gasteiger charge is -2.12. The summed E-state index contributed by atoms with van der Waals surface area (Å²) in [6.45, 7) is 0.183. The molecule has 0 bridgehead atoms. The average Bonchev–Trinajstić information content (AvgIpc) is 2.26. The third kappa shape index (κ3) is 5.53. The lowest BCUT2D eigenvalue weighted by molar-refractivity contribution is -0.137. The number of hydrogen-bond donors (Lipinski definition) is 1. The Bertz CT molecular complexity index is 371. The van der Waals surface area contributed by atoms with Crippen LogP contribution >= 0.6 is 11.8 Å². The maximum atomic E-state index is 11.9. The maximum Gasteiger partial charge on any atom is 0.405 e. The summed E-state index contributed by atoms with van der Waals surface area (Å²) in [5.74, 6) is -0.682. The van der Waals surface area contributed by atoms with Crippen LogP contribution < -0.4 is 5.32 Å². The minimum Gasteiger partial charge on any atom is -0.346 e. The number of thioether (sulfide) groups is 1. The summed E-state index contributed by atoms with van der Waals surface area (Å²) in [6.07, 6.45) is -0.0358. The van der Waals surface area contributed by atoms with Crippen LogP contribution in [-0.4, -0.2) is 33.8 Å². The molecule has 0 saturated carbocycles. The molecule has 1 aromatic rings. The number of halogens is 3. The standard InChI is InChI=1S/C9H10F3N3OS/c1-6(8(16)15-5-9(10,11)12)17-7-4-13-2-3-14-7/h2-4,6H,5H2,1H3,(H,15,16)/t6-/m1/s1. The van der Waals surface area contributed by atoms with Crippen LogP contribution in [0.25, 0.3) is 0 Å². The topological polar surface area (TPSA) is 54.9 Å². The van der Waals surface area contributed by atoms with Crippen molar-refractivity contribution >= 4 is 17.7 Å². The lowest BCUT2D eigenvalue weighted by Crippen LogP contribution is -2.37. The minimum absolute atomic E-state index is 0.488. The molecule has 8 heteroatoms. The minimum atomic E-state index is -4.40. The molecule has 0 aliphatic carbocycles. The summed E-state index contributed by atoms with van der Waals surface area (Å²) < 4.78 is 35.6. The first kappa shape index (κ1) is 13.8. The second-order valence-electron chi connectivity index (χ2n) is 3.14. The Hall–Kier alpha value is -1.31. The van der Waals surface area contributed by atoms with Crippen LogP contribution in [0.15, 0.2) is 23.6 Å². The molecule has 0 aromatic carbocycles. The highest BCUT2D eigenvalue weighted by Gasteiger charge is 2.28. The van der Waals surface area contributed by atoms with E-state index in [0.717, 1.165) is 11.8 Å². The molecule has 1 heterocycles. The molecule has 17 heavy (non-hydrogen) atoms. The lowest BCUT2D eigenvalue weighted by atomic mass is 10.4. The van der Waals surface area contributed by atoms with Crippen molar-refractivity contribution in [1.82, 2.24) is 15.3 Å². The van der Waals surface area contributed by atoms with Gasteiger partial charge in [0.1, 0.15) is 11.6 Å². The van der Waals surface area contributed by atoms with Gasteiger partial charge in [0.25, 0.3) is 0 Å². The third-order valence-electron chi connectivity index (χ3n) is 1.67. The molecule has 0 saturated heterocycles. The molecule has 0 unspecified atom stereocenters. The molecule has 1 atom stereocenters. The Kier molecular flexibility index (Phi) is 4.73. The van der Waals surface area contributed by atoms with Gasteiger partial charge in [0.2, 0.25) is 5.91 Å². The molecule has 0 aliphatic rings. The van der Waals surface area contributed by atoms with Gasteiger partial charge in [0.15, 0.2) is 0 Å².